The average Bonchev–Trinajstić information content (AvgIpc) is 3.43. The third kappa shape index (κ3) is 5.69. The zero-order valence-corrected chi connectivity index (χ0v) is 23.9. The Kier molecular flexibility index (Phi) is 8.40. The minimum atomic E-state index is -0.671. The molecule has 7 heteroatoms. The second-order valence-electron chi connectivity index (χ2n) is 11.1. The van der Waals surface area contributed by atoms with Gasteiger partial charge in [0.2, 0.25) is 0 Å². The van der Waals surface area contributed by atoms with E-state index in [1.807, 2.05) is 61.5 Å². The lowest BCUT2D eigenvalue weighted by molar-refractivity contribution is -0.140. The number of carbonyl (C=O) groups is 2. The molecule has 1 fully saturated rings. The summed E-state index contributed by atoms with van der Waals surface area (Å²) < 4.78 is 1.72. The lowest BCUT2D eigenvalue weighted by Crippen LogP contribution is -2.33. The zero-order valence-electron chi connectivity index (χ0n) is 23.9. The Hall–Kier alpha value is -3.71. The van der Waals surface area contributed by atoms with E-state index in [1.165, 1.54) is 0 Å². The number of aliphatic hydroxyl groups is 1. The predicted octanol–water partition coefficient (Wildman–Crippen LogP) is 5.63. The van der Waals surface area contributed by atoms with Gasteiger partial charge in [-0.1, -0.05) is 77.1 Å². The molecule has 0 spiro atoms. The molecule has 0 saturated carbocycles. The molecule has 1 aromatic heterocycles. The van der Waals surface area contributed by atoms with Gasteiger partial charge < -0.3 is 14.9 Å². The first-order chi connectivity index (χ1) is 18.6. The van der Waals surface area contributed by atoms with Crippen LogP contribution in [0.2, 0.25) is 0 Å². The molecule has 1 aliphatic rings. The maximum Gasteiger partial charge on any atom is 0.295 e. The number of amides is 1. The van der Waals surface area contributed by atoms with Crippen LogP contribution >= 0.6 is 0 Å². The SMILES string of the molecule is CCN(CC)CCCN1C(=O)C(=O)C(=C(O)c2cnn(-c3ccccc3)c2C)C1c1ccc(C(C)(C)C)cc1. The zero-order chi connectivity index (χ0) is 28.3. The summed E-state index contributed by atoms with van der Waals surface area (Å²) in [5, 5.41) is 16.1. The van der Waals surface area contributed by atoms with Crippen LogP contribution in [0.15, 0.2) is 66.4 Å². The molecule has 1 amide bonds. The Morgan fingerprint density at radius 3 is 2.23 bits per heavy atom. The first-order valence-electron chi connectivity index (χ1n) is 13.8. The molecule has 4 rings (SSSR count). The van der Waals surface area contributed by atoms with Crippen LogP contribution in [0.4, 0.5) is 0 Å². The highest BCUT2D eigenvalue weighted by Gasteiger charge is 2.46. The summed E-state index contributed by atoms with van der Waals surface area (Å²) in [4.78, 5) is 30.8. The van der Waals surface area contributed by atoms with Crippen molar-refractivity contribution in [3.63, 3.8) is 0 Å². The van der Waals surface area contributed by atoms with E-state index in [9.17, 15) is 14.7 Å². The minimum Gasteiger partial charge on any atom is -0.507 e. The second kappa shape index (κ2) is 11.6. The van der Waals surface area contributed by atoms with Crippen molar-refractivity contribution in [3.8, 4) is 5.69 Å². The quantitative estimate of drug-likeness (QED) is 0.221. The fourth-order valence-electron chi connectivity index (χ4n) is 5.24. The van der Waals surface area contributed by atoms with Crippen LogP contribution in [0.1, 0.15) is 69.5 Å². The Balaban J connectivity index is 1.78. The summed E-state index contributed by atoms with van der Waals surface area (Å²) in [6.07, 6.45) is 2.29. The van der Waals surface area contributed by atoms with Crippen molar-refractivity contribution in [1.29, 1.82) is 0 Å². The van der Waals surface area contributed by atoms with Crippen LogP contribution < -0.4 is 0 Å². The summed E-state index contributed by atoms with van der Waals surface area (Å²) in [7, 11) is 0. The van der Waals surface area contributed by atoms with E-state index >= 15 is 0 Å². The van der Waals surface area contributed by atoms with Gasteiger partial charge >= 0.3 is 0 Å². The van der Waals surface area contributed by atoms with E-state index < -0.39 is 17.7 Å². The number of aromatic nitrogens is 2. The van der Waals surface area contributed by atoms with Crippen LogP contribution in [0.5, 0.6) is 0 Å². The van der Waals surface area contributed by atoms with Crippen molar-refractivity contribution in [2.45, 2.75) is 59.4 Å². The van der Waals surface area contributed by atoms with E-state index in [0.29, 0.717) is 17.8 Å². The molecule has 1 saturated heterocycles. The van der Waals surface area contributed by atoms with E-state index in [1.54, 1.807) is 15.8 Å². The van der Waals surface area contributed by atoms with Crippen molar-refractivity contribution in [2.24, 2.45) is 0 Å². The fraction of sp³-hybridized carbons (Fsp3) is 0.406. The molecule has 0 radical (unpaired) electrons. The minimum absolute atomic E-state index is 0.0345. The number of Topliss-reactive ketones (excluding diaryl/α,β-unsaturated/α-hetero) is 1. The number of ketones is 1. The largest absolute Gasteiger partial charge is 0.507 e. The number of benzene rings is 2. The van der Waals surface area contributed by atoms with E-state index in [2.05, 4.69) is 44.6 Å². The molecule has 1 unspecified atom stereocenters. The Morgan fingerprint density at radius 1 is 1.00 bits per heavy atom. The summed E-state index contributed by atoms with van der Waals surface area (Å²) in [5.74, 6) is -1.43. The highest BCUT2D eigenvalue weighted by atomic mass is 16.3. The fourth-order valence-corrected chi connectivity index (χ4v) is 5.24. The van der Waals surface area contributed by atoms with Gasteiger partial charge in [-0.3, -0.25) is 9.59 Å². The number of rotatable bonds is 9. The second-order valence-corrected chi connectivity index (χ2v) is 11.1. The summed E-state index contributed by atoms with van der Waals surface area (Å²) in [6.45, 7) is 15.6. The van der Waals surface area contributed by atoms with Crippen LogP contribution in [-0.2, 0) is 15.0 Å². The van der Waals surface area contributed by atoms with Gasteiger partial charge in [-0.15, -0.1) is 0 Å². The lowest BCUT2D eigenvalue weighted by atomic mass is 9.85. The number of likely N-dealkylation sites (tertiary alicyclic amines) is 1. The first kappa shape index (κ1) is 28.3. The van der Waals surface area contributed by atoms with Crippen LogP contribution in [0.3, 0.4) is 0 Å². The molecule has 7 nitrogen and oxygen atoms in total. The van der Waals surface area contributed by atoms with Crippen molar-refractivity contribution < 1.29 is 14.7 Å². The lowest BCUT2D eigenvalue weighted by Gasteiger charge is -2.27. The summed E-state index contributed by atoms with van der Waals surface area (Å²) in [6, 6.07) is 17.0. The third-order valence-corrected chi connectivity index (χ3v) is 7.67. The number of nitrogens with zero attached hydrogens (tertiary/aromatic N) is 4. The first-order valence-corrected chi connectivity index (χ1v) is 13.8. The van der Waals surface area contributed by atoms with Crippen molar-refractivity contribution in [2.75, 3.05) is 26.2 Å². The average molecular weight is 529 g/mol. The van der Waals surface area contributed by atoms with Gasteiger partial charge in [0.05, 0.1) is 34.8 Å². The van der Waals surface area contributed by atoms with Gasteiger partial charge in [-0.25, -0.2) is 4.68 Å². The van der Waals surface area contributed by atoms with Gasteiger partial charge in [-0.05, 0) is 61.7 Å². The Morgan fingerprint density at radius 2 is 1.64 bits per heavy atom. The Labute approximate surface area is 231 Å². The molecule has 0 aliphatic carbocycles. The molecule has 1 aliphatic heterocycles. The van der Waals surface area contributed by atoms with Gasteiger partial charge in [0, 0.05) is 6.54 Å². The number of para-hydroxylation sites is 1. The molecule has 39 heavy (non-hydrogen) atoms. The standard InChI is InChI=1S/C32H40N4O3/c1-7-34(8-2)19-12-20-35-28(23-15-17-24(18-16-23)32(4,5)6)27(30(38)31(35)39)29(37)26-21-33-36(22(26)3)25-13-10-9-11-14-25/h9-11,13-18,21,28,37H,7-8,12,19-20H2,1-6H3. The molecule has 1 atom stereocenters. The molecule has 3 aromatic rings. The highest BCUT2D eigenvalue weighted by Crippen LogP contribution is 2.40. The monoisotopic (exact) mass is 528 g/mol. The maximum atomic E-state index is 13.5. The van der Waals surface area contributed by atoms with Gasteiger partial charge in [0.1, 0.15) is 5.76 Å². The number of hydrogen-bond donors (Lipinski definition) is 1. The smallest absolute Gasteiger partial charge is 0.295 e. The summed E-state index contributed by atoms with van der Waals surface area (Å²) >= 11 is 0. The number of aliphatic hydroxyl groups excluding tert-OH is 1. The molecule has 0 bridgehead atoms. The van der Waals surface area contributed by atoms with Gasteiger partial charge in [0.25, 0.3) is 11.7 Å². The van der Waals surface area contributed by atoms with E-state index in [0.717, 1.165) is 42.9 Å². The van der Waals surface area contributed by atoms with Crippen LogP contribution in [0, 0.1) is 6.92 Å². The molecular weight excluding hydrogens is 488 g/mol. The van der Waals surface area contributed by atoms with Gasteiger partial charge in [0.15, 0.2) is 0 Å². The van der Waals surface area contributed by atoms with Crippen molar-refractivity contribution in [1.82, 2.24) is 19.6 Å². The molecule has 2 heterocycles. The van der Waals surface area contributed by atoms with E-state index in [4.69, 9.17) is 0 Å². The van der Waals surface area contributed by atoms with E-state index in [-0.39, 0.29) is 16.7 Å². The molecule has 1 N–H and O–H groups in total. The molecular formula is C32H40N4O3. The predicted molar refractivity (Wildman–Crippen MR) is 155 cm³/mol. The third-order valence-electron chi connectivity index (χ3n) is 7.67. The number of hydrogen-bond acceptors (Lipinski definition) is 5. The molecule has 206 valence electrons. The van der Waals surface area contributed by atoms with Gasteiger partial charge in [-0.2, -0.15) is 5.10 Å². The normalized spacial score (nSPS) is 17.4. The van der Waals surface area contributed by atoms with Crippen LogP contribution in [0.25, 0.3) is 11.4 Å². The number of carbonyl (C=O) groups excluding carboxylic acids is 2. The van der Waals surface area contributed by atoms with Crippen molar-refractivity contribution in [3.05, 3.63) is 88.8 Å². The van der Waals surface area contributed by atoms with Crippen LogP contribution in [-0.4, -0.2) is 62.6 Å². The Bertz CT molecular complexity index is 1350. The van der Waals surface area contributed by atoms with Crippen molar-refractivity contribution >= 4 is 17.4 Å². The molecule has 2 aromatic carbocycles. The summed E-state index contributed by atoms with van der Waals surface area (Å²) in [5.41, 5.74) is 4.02. The topological polar surface area (TPSA) is 78.7 Å². The highest BCUT2D eigenvalue weighted by molar-refractivity contribution is 6.46. The maximum absolute atomic E-state index is 13.5.